The number of ether oxygens (including phenoxy) is 3. The summed E-state index contributed by atoms with van der Waals surface area (Å²) in [6.45, 7) is 3.20. The van der Waals surface area contributed by atoms with Crippen molar-refractivity contribution in [1.29, 1.82) is 0 Å². The number of methoxy groups -OCH3 is 2. The van der Waals surface area contributed by atoms with Crippen molar-refractivity contribution in [3.8, 4) is 17.2 Å². The molecule has 0 aromatic heterocycles. The third kappa shape index (κ3) is 5.09. The Bertz CT molecular complexity index is 816. The third-order valence-corrected chi connectivity index (χ3v) is 3.96. The van der Waals surface area contributed by atoms with Crippen LogP contribution in [0.5, 0.6) is 17.2 Å². The van der Waals surface area contributed by atoms with E-state index in [2.05, 4.69) is 30.8 Å². The molecule has 0 spiro atoms. The second-order valence-corrected chi connectivity index (χ2v) is 6.86. The fourth-order valence-electron chi connectivity index (χ4n) is 2.47. The number of nitrogens with one attached hydrogen (secondary N) is 1. The molecule has 0 heterocycles. The molecule has 7 heteroatoms. The predicted molar refractivity (Wildman–Crippen MR) is 99.3 cm³/mol. The maximum absolute atomic E-state index is 12.6. The Hall–Kier alpha value is -2.83. The molecule has 0 saturated carbocycles. The molecule has 146 valence electrons. The average molecular weight is 379 g/mol. The van der Waals surface area contributed by atoms with E-state index < -0.39 is 12.5 Å². The lowest BCUT2D eigenvalue weighted by Crippen LogP contribution is -2.16. The molecule has 0 aliphatic carbocycles. The van der Waals surface area contributed by atoms with Gasteiger partial charge in [0.25, 0.3) is 5.91 Å². The molecule has 2 aromatic rings. The molecular formula is C20H23F2NO4. The summed E-state index contributed by atoms with van der Waals surface area (Å²) < 4.78 is 39.6. The molecule has 0 atom stereocenters. The molecular weight excluding hydrogens is 356 g/mol. The van der Waals surface area contributed by atoms with Gasteiger partial charge in [0, 0.05) is 5.56 Å². The van der Waals surface area contributed by atoms with E-state index in [4.69, 9.17) is 9.47 Å². The predicted octanol–water partition coefficient (Wildman–Crippen LogP) is 4.86. The Morgan fingerprint density at radius 1 is 0.963 bits per heavy atom. The van der Waals surface area contributed by atoms with E-state index in [0.717, 1.165) is 5.56 Å². The highest BCUT2D eigenvalue weighted by molar-refractivity contribution is 6.05. The summed E-state index contributed by atoms with van der Waals surface area (Å²) in [4.78, 5) is 12.6. The lowest BCUT2D eigenvalue weighted by Gasteiger charge is -2.21. The SMILES string of the molecule is COc1ccc(C(C)(C)C)cc1NC(=O)c1ccc(OC(F)F)c(OC)c1. The number of alkyl halides is 2. The Kier molecular flexibility index (Phi) is 6.25. The number of anilines is 1. The zero-order chi connectivity index (χ0) is 20.2. The first-order chi connectivity index (χ1) is 12.7. The fraction of sp³-hybridized carbons (Fsp3) is 0.350. The zero-order valence-electron chi connectivity index (χ0n) is 15.9. The van der Waals surface area contributed by atoms with E-state index in [1.165, 1.54) is 32.4 Å². The quantitative estimate of drug-likeness (QED) is 0.779. The second kappa shape index (κ2) is 8.24. The van der Waals surface area contributed by atoms with Crippen molar-refractivity contribution < 1.29 is 27.8 Å². The molecule has 0 fully saturated rings. The molecule has 2 aromatic carbocycles. The van der Waals surface area contributed by atoms with E-state index in [9.17, 15) is 13.6 Å². The van der Waals surface area contributed by atoms with Crippen LogP contribution in [-0.4, -0.2) is 26.7 Å². The number of hydrogen-bond acceptors (Lipinski definition) is 4. The molecule has 0 aliphatic rings. The van der Waals surface area contributed by atoms with Crippen LogP contribution in [0.3, 0.4) is 0 Å². The van der Waals surface area contributed by atoms with Crippen LogP contribution in [-0.2, 0) is 5.41 Å². The van der Waals surface area contributed by atoms with Crippen molar-refractivity contribution >= 4 is 11.6 Å². The van der Waals surface area contributed by atoms with Gasteiger partial charge >= 0.3 is 6.61 Å². The number of amides is 1. The monoisotopic (exact) mass is 379 g/mol. The van der Waals surface area contributed by atoms with Crippen LogP contribution in [0, 0.1) is 0 Å². The standard InChI is InChI=1S/C20H23F2NO4/c1-20(2,3)13-7-9-15(25-4)14(11-13)23-18(24)12-6-8-16(27-19(21)22)17(10-12)26-5/h6-11,19H,1-5H3,(H,23,24). The van der Waals surface area contributed by atoms with E-state index in [0.29, 0.717) is 11.4 Å². The normalized spacial score (nSPS) is 11.3. The summed E-state index contributed by atoms with van der Waals surface area (Å²) in [5.41, 5.74) is 1.67. The second-order valence-electron chi connectivity index (χ2n) is 6.86. The first kappa shape index (κ1) is 20.5. The zero-order valence-corrected chi connectivity index (χ0v) is 15.9. The lowest BCUT2D eigenvalue weighted by atomic mass is 9.87. The van der Waals surface area contributed by atoms with Gasteiger partial charge in [0.15, 0.2) is 11.5 Å². The first-order valence-corrected chi connectivity index (χ1v) is 8.28. The maximum atomic E-state index is 12.6. The Morgan fingerprint density at radius 2 is 1.59 bits per heavy atom. The summed E-state index contributed by atoms with van der Waals surface area (Å²) in [6.07, 6.45) is 0. The van der Waals surface area contributed by atoms with E-state index in [-0.39, 0.29) is 22.5 Å². The van der Waals surface area contributed by atoms with Crippen LogP contribution in [0.2, 0.25) is 0 Å². The maximum Gasteiger partial charge on any atom is 0.387 e. The molecule has 5 nitrogen and oxygen atoms in total. The van der Waals surface area contributed by atoms with Gasteiger partial charge in [-0.15, -0.1) is 0 Å². The van der Waals surface area contributed by atoms with Crippen LogP contribution < -0.4 is 19.5 Å². The minimum absolute atomic E-state index is 0.0401. The van der Waals surface area contributed by atoms with E-state index in [1.807, 2.05) is 12.1 Å². The van der Waals surface area contributed by atoms with Crippen molar-refractivity contribution in [2.24, 2.45) is 0 Å². The van der Waals surface area contributed by atoms with E-state index >= 15 is 0 Å². The summed E-state index contributed by atoms with van der Waals surface area (Å²) in [5.74, 6) is -0.0167. The summed E-state index contributed by atoms with van der Waals surface area (Å²) in [7, 11) is 2.83. The van der Waals surface area contributed by atoms with Crippen molar-refractivity contribution in [1.82, 2.24) is 0 Å². The van der Waals surface area contributed by atoms with Gasteiger partial charge in [0.2, 0.25) is 0 Å². The van der Waals surface area contributed by atoms with Gasteiger partial charge in [-0.1, -0.05) is 26.8 Å². The van der Waals surface area contributed by atoms with Crippen LogP contribution >= 0.6 is 0 Å². The topological polar surface area (TPSA) is 56.8 Å². The first-order valence-electron chi connectivity index (χ1n) is 8.28. The number of halogens is 2. The number of hydrogen-bond donors (Lipinski definition) is 1. The van der Waals surface area contributed by atoms with Crippen LogP contribution in [0.1, 0.15) is 36.7 Å². The number of carbonyl (C=O) groups is 1. The van der Waals surface area contributed by atoms with Gasteiger partial charge < -0.3 is 19.5 Å². The van der Waals surface area contributed by atoms with Crippen LogP contribution in [0.15, 0.2) is 36.4 Å². The average Bonchev–Trinajstić information content (AvgIpc) is 2.60. The smallest absolute Gasteiger partial charge is 0.387 e. The van der Waals surface area contributed by atoms with Crippen molar-refractivity contribution in [2.45, 2.75) is 32.8 Å². The van der Waals surface area contributed by atoms with Crippen molar-refractivity contribution in [3.63, 3.8) is 0 Å². The molecule has 0 bridgehead atoms. The highest BCUT2D eigenvalue weighted by Crippen LogP contribution is 2.33. The van der Waals surface area contributed by atoms with Crippen molar-refractivity contribution in [2.75, 3.05) is 19.5 Å². The molecule has 0 unspecified atom stereocenters. The molecule has 1 amide bonds. The molecule has 27 heavy (non-hydrogen) atoms. The van der Waals surface area contributed by atoms with Crippen LogP contribution in [0.4, 0.5) is 14.5 Å². The van der Waals surface area contributed by atoms with E-state index in [1.54, 1.807) is 6.07 Å². The molecule has 0 aliphatic heterocycles. The molecule has 0 saturated heterocycles. The van der Waals surface area contributed by atoms with Crippen molar-refractivity contribution in [3.05, 3.63) is 47.5 Å². The largest absolute Gasteiger partial charge is 0.495 e. The summed E-state index contributed by atoms with van der Waals surface area (Å²) >= 11 is 0. The van der Waals surface area contributed by atoms with Gasteiger partial charge in [-0.05, 0) is 41.3 Å². The van der Waals surface area contributed by atoms with Gasteiger partial charge in [-0.3, -0.25) is 4.79 Å². The minimum atomic E-state index is -2.98. The highest BCUT2D eigenvalue weighted by Gasteiger charge is 2.19. The van der Waals surface area contributed by atoms with Crippen LogP contribution in [0.25, 0.3) is 0 Å². The Labute approximate surface area is 157 Å². The number of benzene rings is 2. The Balaban J connectivity index is 2.31. The lowest BCUT2D eigenvalue weighted by molar-refractivity contribution is -0.0512. The summed E-state index contributed by atoms with van der Waals surface area (Å²) in [6, 6.07) is 9.57. The van der Waals surface area contributed by atoms with Gasteiger partial charge in [0.05, 0.1) is 19.9 Å². The number of carbonyl (C=O) groups excluding carboxylic acids is 1. The summed E-state index contributed by atoms with van der Waals surface area (Å²) in [5, 5.41) is 2.79. The van der Waals surface area contributed by atoms with Gasteiger partial charge in [0.1, 0.15) is 5.75 Å². The van der Waals surface area contributed by atoms with Gasteiger partial charge in [-0.2, -0.15) is 8.78 Å². The minimum Gasteiger partial charge on any atom is -0.495 e. The Morgan fingerprint density at radius 3 is 2.15 bits per heavy atom. The molecule has 0 radical (unpaired) electrons. The third-order valence-electron chi connectivity index (χ3n) is 3.96. The van der Waals surface area contributed by atoms with Gasteiger partial charge in [-0.25, -0.2) is 0 Å². The molecule has 1 N–H and O–H groups in total. The number of rotatable bonds is 6. The molecule has 2 rings (SSSR count). The fourth-order valence-corrected chi connectivity index (χ4v) is 2.47. The highest BCUT2D eigenvalue weighted by atomic mass is 19.3.